The second-order valence-corrected chi connectivity index (χ2v) is 8.76. The fourth-order valence-electron chi connectivity index (χ4n) is 4.35. The Labute approximate surface area is 204 Å². The van der Waals surface area contributed by atoms with E-state index >= 15 is 0 Å². The van der Waals surface area contributed by atoms with Crippen LogP contribution in [0.5, 0.6) is 0 Å². The standard InChI is InChI=1S/C29H28N6/c1-5-19(18-35(3)4)15-20(6-2)21-10-11-25-22(16-21)29(34-33-25)27-17-23-24(32-27)12-14-31-28(23)26-9-7-8-13-30-26/h5-17,32H,1,18H2,2-4H3,(H,33,34)/b19-15+,20-6+. The molecule has 35 heavy (non-hydrogen) atoms. The molecule has 0 aliphatic rings. The van der Waals surface area contributed by atoms with Gasteiger partial charge in [-0.15, -0.1) is 0 Å². The summed E-state index contributed by atoms with van der Waals surface area (Å²) in [6.07, 6.45) is 9.84. The van der Waals surface area contributed by atoms with Gasteiger partial charge >= 0.3 is 0 Å². The lowest BCUT2D eigenvalue weighted by Crippen LogP contribution is -2.14. The van der Waals surface area contributed by atoms with Crippen LogP contribution in [0.25, 0.3) is 50.2 Å². The zero-order chi connectivity index (χ0) is 24.4. The Morgan fingerprint density at radius 1 is 0.971 bits per heavy atom. The Morgan fingerprint density at radius 3 is 2.57 bits per heavy atom. The summed E-state index contributed by atoms with van der Waals surface area (Å²) in [5, 5.41) is 9.92. The molecule has 6 nitrogen and oxygen atoms in total. The fraction of sp³-hybridized carbons (Fsp3) is 0.138. The van der Waals surface area contributed by atoms with Gasteiger partial charge in [-0.3, -0.25) is 15.1 Å². The van der Waals surface area contributed by atoms with Crippen LogP contribution in [0, 0.1) is 0 Å². The topological polar surface area (TPSA) is 73.5 Å². The lowest BCUT2D eigenvalue weighted by atomic mass is 10.00. The molecule has 0 bridgehead atoms. The molecule has 0 amide bonds. The third kappa shape index (κ3) is 4.44. The Balaban J connectivity index is 1.59. The van der Waals surface area contributed by atoms with Crippen LogP contribution in [0.2, 0.25) is 0 Å². The first-order valence-electron chi connectivity index (χ1n) is 11.6. The molecule has 0 unspecified atom stereocenters. The average molecular weight is 461 g/mol. The van der Waals surface area contributed by atoms with Crippen molar-refractivity contribution < 1.29 is 0 Å². The smallest absolute Gasteiger partial charge is 0.116 e. The molecule has 6 heteroatoms. The van der Waals surface area contributed by atoms with Gasteiger partial charge in [-0.25, -0.2) is 0 Å². The van der Waals surface area contributed by atoms with Gasteiger partial charge in [0.1, 0.15) is 5.69 Å². The maximum atomic E-state index is 4.66. The van der Waals surface area contributed by atoms with E-state index in [2.05, 4.69) is 94.1 Å². The summed E-state index contributed by atoms with van der Waals surface area (Å²) < 4.78 is 0. The molecule has 0 aliphatic carbocycles. The monoisotopic (exact) mass is 460 g/mol. The van der Waals surface area contributed by atoms with E-state index in [0.29, 0.717) is 0 Å². The molecule has 2 N–H and O–H groups in total. The number of nitrogens with one attached hydrogen (secondary N) is 2. The summed E-state index contributed by atoms with van der Waals surface area (Å²) in [7, 11) is 4.12. The molecule has 0 aliphatic heterocycles. The maximum absolute atomic E-state index is 4.66. The first-order chi connectivity index (χ1) is 17.1. The van der Waals surface area contributed by atoms with E-state index in [9.17, 15) is 0 Å². The number of rotatable bonds is 7. The Kier molecular flexibility index (Phi) is 6.12. The molecule has 0 radical (unpaired) electrons. The van der Waals surface area contributed by atoms with Crippen molar-refractivity contribution in [1.82, 2.24) is 30.0 Å². The molecule has 0 saturated carbocycles. The summed E-state index contributed by atoms with van der Waals surface area (Å²) in [4.78, 5) is 14.8. The molecule has 4 aromatic heterocycles. The number of hydrogen-bond acceptors (Lipinski definition) is 4. The minimum Gasteiger partial charge on any atom is -0.353 e. The van der Waals surface area contributed by atoms with E-state index in [4.69, 9.17) is 0 Å². The number of pyridine rings is 2. The maximum Gasteiger partial charge on any atom is 0.116 e. The molecular weight excluding hydrogens is 432 g/mol. The van der Waals surface area contributed by atoms with E-state index in [0.717, 1.165) is 62.3 Å². The van der Waals surface area contributed by atoms with E-state index in [1.54, 1.807) is 6.20 Å². The van der Waals surface area contributed by atoms with Gasteiger partial charge in [-0.1, -0.05) is 36.9 Å². The molecule has 0 saturated heterocycles. The molecule has 0 fully saturated rings. The Hall–Kier alpha value is -4.29. The van der Waals surface area contributed by atoms with Crippen LogP contribution in [-0.4, -0.2) is 50.7 Å². The van der Waals surface area contributed by atoms with Crippen LogP contribution < -0.4 is 0 Å². The van der Waals surface area contributed by atoms with Crippen LogP contribution in [0.4, 0.5) is 0 Å². The summed E-state index contributed by atoms with van der Waals surface area (Å²) in [5.41, 5.74) is 8.94. The summed E-state index contributed by atoms with van der Waals surface area (Å²) in [6, 6.07) is 16.4. The number of allylic oxidation sites excluding steroid dienone is 3. The minimum absolute atomic E-state index is 0.835. The highest BCUT2D eigenvalue weighted by molar-refractivity contribution is 6.00. The average Bonchev–Trinajstić information content (AvgIpc) is 3.50. The predicted molar refractivity (Wildman–Crippen MR) is 145 cm³/mol. The van der Waals surface area contributed by atoms with Gasteiger partial charge in [0.05, 0.1) is 22.6 Å². The summed E-state index contributed by atoms with van der Waals surface area (Å²) in [6.45, 7) is 6.89. The number of hydrogen-bond donors (Lipinski definition) is 2. The third-order valence-electron chi connectivity index (χ3n) is 6.02. The number of benzene rings is 1. The van der Waals surface area contributed by atoms with Gasteiger partial charge in [0.15, 0.2) is 0 Å². The van der Waals surface area contributed by atoms with Gasteiger partial charge < -0.3 is 9.88 Å². The molecule has 1 aromatic carbocycles. The van der Waals surface area contributed by atoms with Crippen molar-refractivity contribution in [2.45, 2.75) is 6.92 Å². The van der Waals surface area contributed by atoms with Crippen molar-refractivity contribution >= 4 is 27.4 Å². The van der Waals surface area contributed by atoms with Gasteiger partial charge in [-0.2, -0.15) is 5.10 Å². The lowest BCUT2D eigenvalue weighted by Gasteiger charge is -2.11. The SMILES string of the molecule is C=C/C(=C\C(=C/C)c1ccc2[nH]nc(-c3cc4c(-c5ccccn5)nccc4[nH]3)c2c1)CN(C)C. The molecule has 5 rings (SSSR count). The fourth-order valence-corrected chi connectivity index (χ4v) is 4.35. The first-order valence-corrected chi connectivity index (χ1v) is 11.6. The van der Waals surface area contributed by atoms with E-state index in [-0.39, 0.29) is 0 Å². The molecular formula is C29H28N6. The molecule has 5 aromatic rings. The van der Waals surface area contributed by atoms with Crippen LogP contribution in [-0.2, 0) is 0 Å². The van der Waals surface area contributed by atoms with Crippen molar-refractivity contribution in [2.75, 3.05) is 20.6 Å². The van der Waals surface area contributed by atoms with Crippen LogP contribution >= 0.6 is 0 Å². The molecule has 0 spiro atoms. The van der Waals surface area contributed by atoms with E-state index < -0.39 is 0 Å². The second kappa shape index (κ2) is 9.52. The molecule has 0 atom stereocenters. The molecule has 4 heterocycles. The Bertz CT molecular complexity index is 1570. The Morgan fingerprint density at radius 2 is 1.83 bits per heavy atom. The van der Waals surface area contributed by atoms with Gasteiger partial charge in [0, 0.05) is 35.2 Å². The van der Waals surface area contributed by atoms with Gasteiger partial charge in [0.2, 0.25) is 0 Å². The van der Waals surface area contributed by atoms with Crippen molar-refractivity contribution in [3.63, 3.8) is 0 Å². The van der Waals surface area contributed by atoms with Gasteiger partial charge in [0.25, 0.3) is 0 Å². The second-order valence-electron chi connectivity index (χ2n) is 8.76. The van der Waals surface area contributed by atoms with Crippen LogP contribution in [0.15, 0.2) is 91.3 Å². The van der Waals surface area contributed by atoms with Crippen LogP contribution in [0.3, 0.4) is 0 Å². The number of aromatic amines is 2. The van der Waals surface area contributed by atoms with E-state index in [1.807, 2.05) is 36.5 Å². The summed E-state index contributed by atoms with van der Waals surface area (Å²) >= 11 is 0. The lowest BCUT2D eigenvalue weighted by molar-refractivity contribution is 0.449. The molecule has 174 valence electrons. The van der Waals surface area contributed by atoms with Gasteiger partial charge in [-0.05, 0) is 74.1 Å². The normalized spacial score (nSPS) is 12.7. The minimum atomic E-state index is 0.835. The highest BCUT2D eigenvalue weighted by atomic mass is 15.1. The summed E-state index contributed by atoms with van der Waals surface area (Å²) in [5.74, 6) is 0. The van der Waals surface area contributed by atoms with E-state index in [1.165, 1.54) is 5.57 Å². The highest BCUT2D eigenvalue weighted by Crippen LogP contribution is 2.33. The number of aromatic nitrogens is 5. The van der Waals surface area contributed by atoms with Crippen molar-refractivity contribution in [1.29, 1.82) is 0 Å². The van der Waals surface area contributed by atoms with Crippen LogP contribution in [0.1, 0.15) is 12.5 Å². The predicted octanol–water partition coefficient (Wildman–Crippen LogP) is 6.25. The number of fused-ring (bicyclic) bond motifs is 2. The number of H-pyrrole nitrogens is 2. The van der Waals surface area contributed by atoms with Crippen molar-refractivity contribution in [3.05, 3.63) is 96.9 Å². The largest absolute Gasteiger partial charge is 0.353 e. The first kappa shape index (κ1) is 22.5. The number of likely N-dealkylation sites (N-methyl/N-ethyl adjacent to an activating group) is 1. The number of nitrogens with zero attached hydrogens (tertiary/aromatic N) is 4. The third-order valence-corrected chi connectivity index (χ3v) is 6.02. The van der Waals surface area contributed by atoms with Crippen molar-refractivity contribution in [2.24, 2.45) is 0 Å². The zero-order valence-corrected chi connectivity index (χ0v) is 20.2. The quantitative estimate of drug-likeness (QED) is 0.282. The van der Waals surface area contributed by atoms with Crippen molar-refractivity contribution in [3.8, 4) is 22.8 Å². The highest BCUT2D eigenvalue weighted by Gasteiger charge is 2.15. The zero-order valence-electron chi connectivity index (χ0n) is 20.2.